The fraction of sp³-hybridized carbons (Fsp3) is 0.455. The predicted molar refractivity (Wildman–Crippen MR) is 64.3 cm³/mol. The molecule has 0 aliphatic heterocycles. The normalized spacial score (nSPS) is 11.7. The molecule has 1 aromatic heterocycles. The summed E-state index contributed by atoms with van der Waals surface area (Å²) in [6.07, 6.45) is 1.53. The maximum absolute atomic E-state index is 11.5. The fourth-order valence-electron chi connectivity index (χ4n) is 1.26. The molecule has 1 rings (SSSR count). The zero-order valence-electron chi connectivity index (χ0n) is 10.2. The number of hydrogen-bond acceptors (Lipinski definition) is 4. The second-order valence-corrected chi connectivity index (χ2v) is 3.54. The Bertz CT molecular complexity index is 353. The summed E-state index contributed by atoms with van der Waals surface area (Å²) in [5.41, 5.74) is 0.605. The molecular formula is C11H17N3O3. The maximum Gasteiger partial charge on any atom is 0.319 e. The van der Waals surface area contributed by atoms with Crippen LogP contribution in [0.25, 0.3) is 0 Å². The fourth-order valence-corrected chi connectivity index (χ4v) is 1.26. The number of anilines is 1. The summed E-state index contributed by atoms with van der Waals surface area (Å²) in [7, 11) is 3.12. The molecule has 0 saturated carbocycles. The van der Waals surface area contributed by atoms with Crippen LogP contribution in [0.15, 0.2) is 18.3 Å². The lowest BCUT2D eigenvalue weighted by Gasteiger charge is -2.13. The molecule has 0 aromatic carbocycles. The smallest absolute Gasteiger partial charge is 0.319 e. The topological polar surface area (TPSA) is 72.5 Å². The monoisotopic (exact) mass is 239 g/mol. The van der Waals surface area contributed by atoms with Gasteiger partial charge in [0.05, 0.1) is 31.6 Å². The molecule has 94 valence electrons. The minimum absolute atomic E-state index is 0.0498. The molecule has 0 fully saturated rings. The molecule has 1 unspecified atom stereocenters. The molecule has 0 aliphatic rings. The Morgan fingerprint density at radius 3 is 2.76 bits per heavy atom. The highest BCUT2D eigenvalue weighted by atomic mass is 16.5. The molecule has 1 atom stereocenters. The van der Waals surface area contributed by atoms with Crippen molar-refractivity contribution in [1.82, 2.24) is 10.3 Å². The van der Waals surface area contributed by atoms with E-state index in [4.69, 9.17) is 9.47 Å². The Balaban J connectivity index is 2.44. The molecule has 1 aromatic rings. The van der Waals surface area contributed by atoms with E-state index in [9.17, 15) is 4.79 Å². The van der Waals surface area contributed by atoms with E-state index in [0.29, 0.717) is 18.2 Å². The molecule has 1 heterocycles. The number of rotatable bonds is 5. The summed E-state index contributed by atoms with van der Waals surface area (Å²) in [4.78, 5) is 15.5. The van der Waals surface area contributed by atoms with Crippen LogP contribution in [0, 0.1) is 0 Å². The lowest BCUT2D eigenvalue weighted by Crippen LogP contribution is -2.38. The number of carbonyl (C=O) groups excluding carboxylic acids is 1. The van der Waals surface area contributed by atoms with E-state index in [1.165, 1.54) is 13.3 Å². The van der Waals surface area contributed by atoms with Gasteiger partial charge in [0.25, 0.3) is 0 Å². The zero-order chi connectivity index (χ0) is 12.7. The van der Waals surface area contributed by atoms with E-state index < -0.39 is 0 Å². The molecule has 6 heteroatoms. The largest absolute Gasteiger partial charge is 0.481 e. The lowest BCUT2D eigenvalue weighted by molar-refractivity contribution is 0.173. The first-order valence-corrected chi connectivity index (χ1v) is 5.22. The molecule has 0 radical (unpaired) electrons. The van der Waals surface area contributed by atoms with Gasteiger partial charge >= 0.3 is 6.03 Å². The van der Waals surface area contributed by atoms with Gasteiger partial charge in [-0.1, -0.05) is 0 Å². The molecule has 6 nitrogen and oxygen atoms in total. The van der Waals surface area contributed by atoms with Gasteiger partial charge in [0.1, 0.15) is 0 Å². The van der Waals surface area contributed by atoms with Crippen molar-refractivity contribution >= 4 is 11.7 Å². The first kappa shape index (κ1) is 13.2. The highest BCUT2D eigenvalue weighted by Crippen LogP contribution is 2.10. The van der Waals surface area contributed by atoms with Gasteiger partial charge in [0, 0.05) is 13.2 Å². The summed E-state index contributed by atoms with van der Waals surface area (Å²) in [6.45, 7) is 2.32. The number of urea groups is 1. The van der Waals surface area contributed by atoms with Crippen LogP contribution in [-0.2, 0) is 4.74 Å². The number of hydrogen-bond donors (Lipinski definition) is 2. The summed E-state index contributed by atoms with van der Waals surface area (Å²) < 4.78 is 9.83. The van der Waals surface area contributed by atoms with Gasteiger partial charge in [-0.15, -0.1) is 0 Å². The van der Waals surface area contributed by atoms with Crippen molar-refractivity contribution in [3.8, 4) is 5.88 Å². The van der Waals surface area contributed by atoms with Gasteiger partial charge in [0.2, 0.25) is 5.88 Å². The van der Waals surface area contributed by atoms with E-state index in [0.717, 1.165) is 0 Å². The molecule has 2 N–H and O–H groups in total. The standard InChI is InChI=1S/C11H17N3O3/c1-8(7-16-2)13-11(15)14-9-4-5-10(17-3)12-6-9/h4-6,8H,7H2,1-3H3,(H2,13,14,15). The minimum Gasteiger partial charge on any atom is -0.481 e. The van der Waals surface area contributed by atoms with E-state index >= 15 is 0 Å². The molecular weight excluding hydrogens is 222 g/mol. The van der Waals surface area contributed by atoms with Gasteiger partial charge in [-0.25, -0.2) is 9.78 Å². The zero-order valence-corrected chi connectivity index (χ0v) is 10.2. The van der Waals surface area contributed by atoms with Gasteiger partial charge < -0.3 is 20.1 Å². The number of methoxy groups -OCH3 is 2. The minimum atomic E-state index is -0.290. The van der Waals surface area contributed by atoms with Crippen molar-refractivity contribution in [2.45, 2.75) is 13.0 Å². The molecule has 0 spiro atoms. The van der Waals surface area contributed by atoms with Gasteiger partial charge in [-0.2, -0.15) is 0 Å². The van der Waals surface area contributed by atoms with Crippen molar-refractivity contribution in [1.29, 1.82) is 0 Å². The number of aromatic nitrogens is 1. The van der Waals surface area contributed by atoms with Crippen LogP contribution < -0.4 is 15.4 Å². The molecule has 2 amide bonds. The number of ether oxygens (including phenoxy) is 2. The Kier molecular flexibility index (Phi) is 5.22. The van der Waals surface area contributed by atoms with Crippen molar-refractivity contribution in [2.75, 3.05) is 26.1 Å². The second-order valence-electron chi connectivity index (χ2n) is 3.54. The maximum atomic E-state index is 11.5. The number of nitrogens with one attached hydrogen (secondary N) is 2. The first-order chi connectivity index (χ1) is 8.15. The van der Waals surface area contributed by atoms with Crippen LogP contribution in [-0.4, -0.2) is 37.9 Å². The number of amides is 2. The van der Waals surface area contributed by atoms with Gasteiger partial charge in [-0.3, -0.25) is 0 Å². The van der Waals surface area contributed by atoms with Crippen LogP contribution >= 0.6 is 0 Å². The molecule has 17 heavy (non-hydrogen) atoms. The summed E-state index contributed by atoms with van der Waals surface area (Å²) >= 11 is 0. The van der Waals surface area contributed by atoms with Crippen LogP contribution in [0.4, 0.5) is 10.5 Å². The van der Waals surface area contributed by atoms with E-state index in [1.807, 2.05) is 6.92 Å². The van der Waals surface area contributed by atoms with E-state index in [2.05, 4.69) is 15.6 Å². The number of carbonyl (C=O) groups is 1. The Morgan fingerprint density at radius 1 is 1.47 bits per heavy atom. The summed E-state index contributed by atoms with van der Waals surface area (Å²) in [5.74, 6) is 0.503. The van der Waals surface area contributed by atoms with Crippen molar-refractivity contribution in [2.24, 2.45) is 0 Å². The molecule has 0 aliphatic carbocycles. The van der Waals surface area contributed by atoms with Gasteiger partial charge in [0.15, 0.2) is 0 Å². The van der Waals surface area contributed by atoms with Crippen molar-refractivity contribution < 1.29 is 14.3 Å². The predicted octanol–water partition coefficient (Wildman–Crippen LogP) is 1.25. The van der Waals surface area contributed by atoms with Crippen LogP contribution in [0.1, 0.15) is 6.92 Å². The highest BCUT2D eigenvalue weighted by molar-refractivity contribution is 5.89. The third-order valence-electron chi connectivity index (χ3n) is 2.00. The quantitative estimate of drug-likeness (QED) is 0.811. The van der Waals surface area contributed by atoms with Crippen LogP contribution in [0.2, 0.25) is 0 Å². The number of pyridine rings is 1. The van der Waals surface area contributed by atoms with E-state index in [-0.39, 0.29) is 12.1 Å². The molecule has 0 bridgehead atoms. The Hall–Kier alpha value is -1.82. The number of nitrogens with zero attached hydrogens (tertiary/aromatic N) is 1. The van der Waals surface area contributed by atoms with Crippen LogP contribution in [0.5, 0.6) is 5.88 Å². The third kappa shape index (κ3) is 4.69. The molecule has 0 saturated heterocycles. The Morgan fingerprint density at radius 2 is 2.24 bits per heavy atom. The van der Waals surface area contributed by atoms with Crippen LogP contribution in [0.3, 0.4) is 0 Å². The average molecular weight is 239 g/mol. The van der Waals surface area contributed by atoms with E-state index in [1.54, 1.807) is 19.2 Å². The summed E-state index contributed by atoms with van der Waals surface area (Å²) in [6, 6.07) is 3.05. The van der Waals surface area contributed by atoms with Crippen molar-refractivity contribution in [3.63, 3.8) is 0 Å². The summed E-state index contributed by atoms with van der Waals surface area (Å²) in [5, 5.41) is 5.38. The lowest BCUT2D eigenvalue weighted by atomic mass is 10.3. The highest BCUT2D eigenvalue weighted by Gasteiger charge is 2.06. The average Bonchev–Trinajstić information content (AvgIpc) is 2.30. The Labute approximate surface area is 100 Å². The van der Waals surface area contributed by atoms with Crippen molar-refractivity contribution in [3.05, 3.63) is 18.3 Å². The second kappa shape index (κ2) is 6.70. The van der Waals surface area contributed by atoms with Gasteiger partial charge in [-0.05, 0) is 13.0 Å². The third-order valence-corrected chi connectivity index (χ3v) is 2.00. The first-order valence-electron chi connectivity index (χ1n) is 5.22. The SMILES string of the molecule is COCC(C)NC(=O)Nc1ccc(OC)nc1.